The molecular weight excluding hydrogens is 264 g/mol. The predicted octanol–water partition coefficient (Wildman–Crippen LogP) is 2.16. The van der Waals surface area contributed by atoms with E-state index in [4.69, 9.17) is 4.42 Å². The quantitative estimate of drug-likeness (QED) is 0.769. The predicted molar refractivity (Wildman–Crippen MR) is 75.5 cm³/mol. The molecule has 0 aromatic carbocycles. The van der Waals surface area contributed by atoms with Crippen LogP contribution in [-0.4, -0.2) is 21.5 Å². The molecule has 6 heteroatoms. The maximum atomic E-state index is 12.3. The first-order valence-corrected chi connectivity index (χ1v) is 8.19. The number of hydrogen-bond donors (Lipinski definition) is 2. The maximum Gasteiger partial charge on any atom is 0.244 e. The van der Waals surface area contributed by atoms with E-state index in [9.17, 15) is 8.42 Å². The molecule has 0 spiro atoms. The zero-order valence-electron chi connectivity index (χ0n) is 12.1. The Bertz CT molecular complexity index is 494. The Hall–Kier alpha value is -0.850. The topological polar surface area (TPSA) is 71.3 Å². The van der Waals surface area contributed by atoms with Crippen molar-refractivity contribution in [2.75, 3.05) is 7.05 Å². The highest BCUT2D eigenvalue weighted by molar-refractivity contribution is 7.89. The number of sulfonamides is 1. The fourth-order valence-corrected chi connectivity index (χ4v) is 3.59. The molecule has 5 nitrogen and oxygen atoms in total. The van der Waals surface area contributed by atoms with Crippen LogP contribution in [0, 0.1) is 6.92 Å². The molecule has 0 amide bonds. The molecule has 1 heterocycles. The molecular formula is C13H24N2O3S. The van der Waals surface area contributed by atoms with E-state index in [1.54, 1.807) is 20.0 Å². The van der Waals surface area contributed by atoms with E-state index in [-0.39, 0.29) is 10.9 Å². The van der Waals surface area contributed by atoms with Gasteiger partial charge in [0, 0.05) is 12.1 Å². The maximum absolute atomic E-state index is 12.3. The number of nitrogens with one attached hydrogen (secondary N) is 2. The summed E-state index contributed by atoms with van der Waals surface area (Å²) in [6.07, 6.45) is 2.58. The summed E-state index contributed by atoms with van der Waals surface area (Å²) in [5.74, 6) is 1.06. The molecule has 0 saturated carbocycles. The molecule has 1 aromatic heterocycles. The Morgan fingerprint density at radius 2 is 2.05 bits per heavy atom. The molecule has 1 rings (SSSR count). The SMILES string of the molecule is CCCC(CC)NS(=O)(=O)c1cc(CNC)oc1C. The lowest BCUT2D eigenvalue weighted by Crippen LogP contribution is -2.34. The highest BCUT2D eigenvalue weighted by atomic mass is 32.2. The van der Waals surface area contributed by atoms with Crippen LogP contribution in [0.15, 0.2) is 15.4 Å². The zero-order chi connectivity index (χ0) is 14.5. The summed E-state index contributed by atoms with van der Waals surface area (Å²) in [7, 11) is -1.70. The van der Waals surface area contributed by atoms with Crippen molar-refractivity contribution in [1.82, 2.24) is 10.0 Å². The third-order valence-electron chi connectivity index (χ3n) is 3.02. The van der Waals surface area contributed by atoms with E-state index < -0.39 is 10.0 Å². The first-order valence-electron chi connectivity index (χ1n) is 6.70. The number of aryl methyl sites for hydroxylation is 1. The molecule has 1 atom stereocenters. The van der Waals surface area contributed by atoms with Gasteiger partial charge in [0.2, 0.25) is 10.0 Å². The van der Waals surface area contributed by atoms with Gasteiger partial charge >= 0.3 is 0 Å². The number of furan rings is 1. The highest BCUT2D eigenvalue weighted by Gasteiger charge is 2.23. The first kappa shape index (κ1) is 16.2. The summed E-state index contributed by atoms with van der Waals surface area (Å²) in [5.41, 5.74) is 0. The van der Waals surface area contributed by atoms with Gasteiger partial charge in [-0.25, -0.2) is 13.1 Å². The first-order chi connectivity index (χ1) is 8.94. The van der Waals surface area contributed by atoms with Crippen molar-refractivity contribution < 1.29 is 12.8 Å². The molecule has 0 bridgehead atoms. The Morgan fingerprint density at radius 1 is 1.37 bits per heavy atom. The van der Waals surface area contributed by atoms with E-state index in [2.05, 4.69) is 10.0 Å². The van der Waals surface area contributed by atoms with E-state index in [1.807, 2.05) is 13.8 Å². The molecule has 0 aliphatic carbocycles. The van der Waals surface area contributed by atoms with Crippen molar-refractivity contribution in [1.29, 1.82) is 0 Å². The van der Waals surface area contributed by atoms with Crippen molar-refractivity contribution in [2.24, 2.45) is 0 Å². The molecule has 19 heavy (non-hydrogen) atoms. The van der Waals surface area contributed by atoms with Gasteiger partial charge in [-0.2, -0.15) is 0 Å². The zero-order valence-corrected chi connectivity index (χ0v) is 12.9. The lowest BCUT2D eigenvalue weighted by Gasteiger charge is -2.15. The largest absolute Gasteiger partial charge is 0.464 e. The van der Waals surface area contributed by atoms with E-state index in [1.165, 1.54) is 0 Å². The van der Waals surface area contributed by atoms with E-state index in [0.29, 0.717) is 18.1 Å². The van der Waals surface area contributed by atoms with Crippen molar-refractivity contribution in [3.63, 3.8) is 0 Å². The molecule has 0 radical (unpaired) electrons. The van der Waals surface area contributed by atoms with Gasteiger partial charge in [0.25, 0.3) is 0 Å². The lowest BCUT2D eigenvalue weighted by atomic mass is 10.1. The number of rotatable bonds is 8. The van der Waals surface area contributed by atoms with Gasteiger partial charge in [0.1, 0.15) is 16.4 Å². The summed E-state index contributed by atoms with van der Waals surface area (Å²) < 4.78 is 32.8. The second-order valence-electron chi connectivity index (χ2n) is 4.68. The van der Waals surface area contributed by atoms with Gasteiger partial charge in [-0.05, 0) is 26.8 Å². The third-order valence-corrected chi connectivity index (χ3v) is 4.64. The Morgan fingerprint density at radius 3 is 2.58 bits per heavy atom. The fraction of sp³-hybridized carbons (Fsp3) is 0.692. The van der Waals surface area contributed by atoms with Gasteiger partial charge in [-0.1, -0.05) is 20.3 Å². The monoisotopic (exact) mass is 288 g/mol. The summed E-state index contributed by atoms with van der Waals surface area (Å²) in [4.78, 5) is 0.243. The second-order valence-corrected chi connectivity index (χ2v) is 6.36. The van der Waals surface area contributed by atoms with Crippen molar-refractivity contribution in [2.45, 2.75) is 57.5 Å². The van der Waals surface area contributed by atoms with Gasteiger partial charge in [-0.15, -0.1) is 0 Å². The minimum atomic E-state index is -3.49. The number of hydrogen-bond acceptors (Lipinski definition) is 4. The Kier molecular flexibility index (Phi) is 6.03. The molecule has 2 N–H and O–H groups in total. The molecule has 0 aliphatic rings. The van der Waals surface area contributed by atoms with Gasteiger partial charge < -0.3 is 9.73 Å². The summed E-state index contributed by atoms with van der Waals surface area (Å²) in [5, 5.41) is 2.94. The third kappa shape index (κ3) is 4.33. The van der Waals surface area contributed by atoms with Crippen LogP contribution < -0.4 is 10.0 Å². The average molecular weight is 288 g/mol. The smallest absolute Gasteiger partial charge is 0.244 e. The van der Waals surface area contributed by atoms with Crippen molar-refractivity contribution in [3.05, 3.63) is 17.6 Å². The average Bonchev–Trinajstić information content (AvgIpc) is 2.71. The van der Waals surface area contributed by atoms with Crippen LogP contribution >= 0.6 is 0 Å². The van der Waals surface area contributed by atoms with Crippen LogP contribution in [0.5, 0.6) is 0 Å². The summed E-state index contributed by atoms with van der Waals surface area (Å²) >= 11 is 0. The van der Waals surface area contributed by atoms with Gasteiger partial charge in [0.05, 0.1) is 6.54 Å². The van der Waals surface area contributed by atoms with Crippen LogP contribution in [0.2, 0.25) is 0 Å². The standard InChI is InChI=1S/C13H24N2O3S/c1-5-7-11(6-2)15-19(16,17)13-8-12(9-14-4)18-10(13)3/h8,11,14-15H,5-7,9H2,1-4H3. The van der Waals surface area contributed by atoms with E-state index in [0.717, 1.165) is 19.3 Å². The Balaban J connectivity index is 2.93. The molecule has 0 aliphatic heterocycles. The Labute approximate surface area is 115 Å². The minimum Gasteiger partial charge on any atom is -0.464 e. The summed E-state index contributed by atoms with van der Waals surface area (Å²) in [6.45, 7) is 6.22. The second kappa shape index (κ2) is 7.07. The van der Waals surface area contributed by atoms with Crippen molar-refractivity contribution >= 4 is 10.0 Å². The summed E-state index contributed by atoms with van der Waals surface area (Å²) in [6, 6.07) is 1.57. The van der Waals surface area contributed by atoms with Crippen LogP contribution in [0.25, 0.3) is 0 Å². The highest BCUT2D eigenvalue weighted by Crippen LogP contribution is 2.20. The van der Waals surface area contributed by atoms with Crippen LogP contribution in [0.4, 0.5) is 0 Å². The fourth-order valence-electron chi connectivity index (χ4n) is 2.03. The molecule has 1 unspecified atom stereocenters. The van der Waals surface area contributed by atoms with E-state index >= 15 is 0 Å². The van der Waals surface area contributed by atoms with Crippen LogP contribution in [-0.2, 0) is 16.6 Å². The van der Waals surface area contributed by atoms with Crippen LogP contribution in [0.3, 0.4) is 0 Å². The molecule has 0 saturated heterocycles. The lowest BCUT2D eigenvalue weighted by molar-refractivity contribution is 0.464. The molecule has 1 aromatic rings. The van der Waals surface area contributed by atoms with Gasteiger partial charge in [0.15, 0.2) is 0 Å². The molecule has 110 valence electrons. The van der Waals surface area contributed by atoms with Crippen LogP contribution in [0.1, 0.15) is 44.6 Å². The normalized spacial score (nSPS) is 13.7. The van der Waals surface area contributed by atoms with Gasteiger partial charge in [-0.3, -0.25) is 0 Å². The minimum absolute atomic E-state index is 0.0166. The molecule has 0 fully saturated rings. The van der Waals surface area contributed by atoms with Crippen molar-refractivity contribution in [3.8, 4) is 0 Å².